The lowest BCUT2D eigenvalue weighted by atomic mass is 10.1. The number of hydrogen-bond acceptors (Lipinski definition) is 3. The predicted molar refractivity (Wildman–Crippen MR) is 87.4 cm³/mol. The van der Waals surface area contributed by atoms with Gasteiger partial charge in [-0.05, 0) is 0 Å². The molecule has 0 aromatic heterocycles. The molecule has 5 nitrogen and oxygen atoms in total. The van der Waals surface area contributed by atoms with Crippen LogP contribution in [-0.4, -0.2) is 28.6 Å². The Bertz CT molecular complexity index is 744. The average molecular weight is 332 g/mol. The Hall–Kier alpha value is -2.79. The van der Waals surface area contributed by atoms with Crippen LogP contribution < -0.4 is 0 Å². The standard InChI is InChI=1S/C17H13NO4.ClH/c19-16(17(20)21)18-11-22-15(13-9-5-2-6-10-13)14(18)12-7-3-1-4-8-12;/h1-10H,11H2,(H,20,21);1H. The summed E-state index contributed by atoms with van der Waals surface area (Å²) >= 11 is 0. The number of benzene rings is 2. The molecule has 1 N–H and O–H groups in total. The molecule has 0 fully saturated rings. The summed E-state index contributed by atoms with van der Waals surface area (Å²) in [6.45, 7) is -0.112. The van der Waals surface area contributed by atoms with Crippen molar-refractivity contribution < 1.29 is 19.4 Å². The Morgan fingerprint density at radius 3 is 1.96 bits per heavy atom. The molecule has 1 heterocycles. The molecule has 0 saturated carbocycles. The van der Waals surface area contributed by atoms with Crippen LogP contribution in [0.5, 0.6) is 0 Å². The topological polar surface area (TPSA) is 66.8 Å². The first-order valence-corrected chi connectivity index (χ1v) is 6.71. The van der Waals surface area contributed by atoms with Crippen molar-refractivity contribution in [2.75, 3.05) is 6.73 Å². The summed E-state index contributed by atoms with van der Waals surface area (Å²) < 4.78 is 5.61. The fourth-order valence-corrected chi connectivity index (χ4v) is 2.35. The van der Waals surface area contributed by atoms with Gasteiger partial charge >= 0.3 is 11.9 Å². The van der Waals surface area contributed by atoms with Crippen LogP contribution in [0.25, 0.3) is 11.5 Å². The number of aliphatic carboxylic acids is 1. The Kier molecular flexibility index (Phi) is 5.03. The normalized spacial score (nSPS) is 13.3. The highest BCUT2D eigenvalue weighted by molar-refractivity contribution is 6.33. The molecule has 1 aliphatic heterocycles. The van der Waals surface area contributed by atoms with Gasteiger partial charge < -0.3 is 9.84 Å². The van der Waals surface area contributed by atoms with Crippen molar-refractivity contribution in [3.8, 4) is 0 Å². The molecular formula is C17H14ClNO4. The van der Waals surface area contributed by atoms with Crippen LogP contribution in [0.3, 0.4) is 0 Å². The minimum Gasteiger partial charge on any atom is -0.474 e. The molecular weight excluding hydrogens is 318 g/mol. The van der Waals surface area contributed by atoms with Crippen LogP contribution in [-0.2, 0) is 14.3 Å². The number of carboxylic acid groups (broad SMARTS) is 1. The van der Waals surface area contributed by atoms with Crippen molar-refractivity contribution >= 4 is 35.7 Å². The Morgan fingerprint density at radius 1 is 0.913 bits per heavy atom. The number of rotatable bonds is 2. The van der Waals surface area contributed by atoms with Gasteiger partial charge in [0.1, 0.15) is 0 Å². The number of carboxylic acids is 1. The van der Waals surface area contributed by atoms with Gasteiger partial charge in [0.05, 0.1) is 5.70 Å². The highest BCUT2D eigenvalue weighted by atomic mass is 35.5. The predicted octanol–water partition coefficient (Wildman–Crippen LogP) is 2.84. The maximum absolute atomic E-state index is 11.9. The molecule has 0 saturated heterocycles. The first-order valence-electron chi connectivity index (χ1n) is 6.71. The molecule has 0 radical (unpaired) electrons. The molecule has 23 heavy (non-hydrogen) atoms. The summed E-state index contributed by atoms with van der Waals surface area (Å²) in [6.07, 6.45) is 0. The Labute approximate surface area is 139 Å². The third-order valence-electron chi connectivity index (χ3n) is 3.33. The molecule has 0 unspecified atom stereocenters. The van der Waals surface area contributed by atoms with E-state index in [1.54, 1.807) is 0 Å². The monoisotopic (exact) mass is 331 g/mol. The highest BCUT2D eigenvalue weighted by Crippen LogP contribution is 2.35. The fraction of sp³-hybridized carbons (Fsp3) is 0.0588. The van der Waals surface area contributed by atoms with Crippen molar-refractivity contribution in [2.24, 2.45) is 0 Å². The van der Waals surface area contributed by atoms with Crippen LogP contribution in [0.2, 0.25) is 0 Å². The zero-order valence-corrected chi connectivity index (χ0v) is 12.8. The number of hydrogen-bond donors (Lipinski definition) is 1. The average Bonchev–Trinajstić information content (AvgIpc) is 3.00. The molecule has 118 valence electrons. The first kappa shape index (κ1) is 16.6. The molecule has 6 heteroatoms. The Morgan fingerprint density at radius 2 is 1.43 bits per heavy atom. The molecule has 3 rings (SSSR count). The van der Waals surface area contributed by atoms with Crippen LogP contribution in [0, 0.1) is 0 Å². The second-order valence-electron chi connectivity index (χ2n) is 4.72. The minimum atomic E-state index is -1.51. The van der Waals surface area contributed by atoms with Gasteiger partial charge in [0, 0.05) is 11.1 Å². The molecule has 0 aliphatic carbocycles. The quantitative estimate of drug-likeness (QED) is 0.859. The van der Waals surface area contributed by atoms with E-state index in [-0.39, 0.29) is 19.1 Å². The van der Waals surface area contributed by atoms with E-state index in [1.165, 1.54) is 0 Å². The van der Waals surface area contributed by atoms with Gasteiger partial charge in [-0.2, -0.15) is 0 Å². The maximum atomic E-state index is 11.9. The molecule has 1 aliphatic rings. The Balaban J connectivity index is 0.00000192. The zero-order valence-electron chi connectivity index (χ0n) is 12.0. The van der Waals surface area contributed by atoms with Crippen LogP contribution in [0.1, 0.15) is 11.1 Å². The van der Waals surface area contributed by atoms with E-state index < -0.39 is 11.9 Å². The number of carbonyl (C=O) groups is 2. The molecule has 0 bridgehead atoms. The van der Waals surface area contributed by atoms with E-state index in [2.05, 4.69) is 0 Å². The van der Waals surface area contributed by atoms with E-state index in [9.17, 15) is 9.59 Å². The van der Waals surface area contributed by atoms with Gasteiger partial charge in [-0.3, -0.25) is 9.69 Å². The highest BCUT2D eigenvalue weighted by Gasteiger charge is 2.34. The summed E-state index contributed by atoms with van der Waals surface area (Å²) in [5.41, 5.74) is 2.00. The zero-order chi connectivity index (χ0) is 15.5. The van der Waals surface area contributed by atoms with Crippen molar-refractivity contribution in [1.82, 2.24) is 4.90 Å². The first-order chi connectivity index (χ1) is 10.7. The van der Waals surface area contributed by atoms with Crippen LogP contribution in [0.4, 0.5) is 0 Å². The van der Waals surface area contributed by atoms with E-state index in [0.29, 0.717) is 11.5 Å². The second kappa shape index (κ2) is 6.98. The number of amides is 1. The molecule has 0 spiro atoms. The van der Waals surface area contributed by atoms with Crippen molar-refractivity contribution in [2.45, 2.75) is 0 Å². The lowest BCUT2D eigenvalue weighted by molar-refractivity contribution is -0.154. The van der Waals surface area contributed by atoms with Crippen LogP contribution >= 0.6 is 12.4 Å². The van der Waals surface area contributed by atoms with Gasteiger partial charge in [0.2, 0.25) is 0 Å². The summed E-state index contributed by atoms with van der Waals surface area (Å²) in [6, 6.07) is 18.4. The summed E-state index contributed by atoms with van der Waals surface area (Å²) in [5, 5.41) is 8.99. The van der Waals surface area contributed by atoms with E-state index >= 15 is 0 Å². The van der Waals surface area contributed by atoms with Crippen LogP contribution in [0.15, 0.2) is 60.7 Å². The largest absolute Gasteiger partial charge is 0.474 e. The second-order valence-corrected chi connectivity index (χ2v) is 4.72. The number of nitrogens with zero attached hydrogens (tertiary/aromatic N) is 1. The fourth-order valence-electron chi connectivity index (χ4n) is 2.35. The van der Waals surface area contributed by atoms with Crippen molar-refractivity contribution in [1.29, 1.82) is 0 Å². The van der Waals surface area contributed by atoms with Gasteiger partial charge in [-0.15, -0.1) is 12.4 Å². The SMILES string of the molecule is Cl.O=C(O)C(=O)N1COC(c2ccccc2)=C1c1ccccc1. The number of ether oxygens (including phenoxy) is 1. The molecule has 0 atom stereocenters. The third-order valence-corrected chi connectivity index (χ3v) is 3.33. The van der Waals surface area contributed by atoms with E-state index in [4.69, 9.17) is 9.84 Å². The van der Waals surface area contributed by atoms with E-state index in [1.807, 2.05) is 60.7 Å². The van der Waals surface area contributed by atoms with E-state index in [0.717, 1.165) is 16.0 Å². The van der Waals surface area contributed by atoms with Gasteiger partial charge in [-0.25, -0.2) is 4.79 Å². The van der Waals surface area contributed by atoms with Gasteiger partial charge in [0.25, 0.3) is 0 Å². The molecule has 2 aromatic rings. The van der Waals surface area contributed by atoms with Gasteiger partial charge in [0.15, 0.2) is 12.5 Å². The minimum absolute atomic E-state index is 0. The van der Waals surface area contributed by atoms with Gasteiger partial charge in [-0.1, -0.05) is 60.7 Å². The van der Waals surface area contributed by atoms with Crippen molar-refractivity contribution in [3.05, 3.63) is 71.8 Å². The third kappa shape index (κ3) is 3.19. The molecule has 1 amide bonds. The lowest BCUT2D eigenvalue weighted by Gasteiger charge is -2.15. The maximum Gasteiger partial charge on any atom is 0.395 e. The van der Waals surface area contributed by atoms with Crippen molar-refractivity contribution in [3.63, 3.8) is 0 Å². The number of halogens is 1. The lowest BCUT2D eigenvalue weighted by Crippen LogP contribution is -2.33. The summed E-state index contributed by atoms with van der Waals surface area (Å²) in [4.78, 5) is 24.1. The summed E-state index contributed by atoms with van der Waals surface area (Å²) in [7, 11) is 0. The number of carbonyl (C=O) groups excluding carboxylic acids is 1. The summed E-state index contributed by atoms with van der Waals surface area (Å²) in [5.74, 6) is -2.02. The smallest absolute Gasteiger partial charge is 0.395 e. The molecule has 2 aromatic carbocycles.